The summed E-state index contributed by atoms with van der Waals surface area (Å²) in [6.45, 7) is 8.75. The molecule has 0 bridgehead atoms. The van der Waals surface area contributed by atoms with Gasteiger partial charge in [0.15, 0.2) is 0 Å². The first-order valence-electron chi connectivity index (χ1n) is 7.45. The van der Waals surface area contributed by atoms with E-state index in [9.17, 15) is 0 Å². The highest BCUT2D eigenvalue weighted by Gasteiger charge is 2.26. The Morgan fingerprint density at radius 3 is 2.45 bits per heavy atom. The number of nitrogens with one attached hydrogen (secondary N) is 1. The molecule has 0 saturated heterocycles. The van der Waals surface area contributed by atoms with Crippen LogP contribution in [-0.4, -0.2) is 22.9 Å². The third kappa shape index (κ3) is 2.38. The maximum atomic E-state index is 4.94. The number of nitrogens with zero attached hydrogens (tertiary/aromatic N) is 2. The second-order valence-electron chi connectivity index (χ2n) is 6.47. The van der Waals surface area contributed by atoms with Crippen LogP contribution in [0.1, 0.15) is 32.0 Å². The number of hydrogen-bond donors (Lipinski definition) is 1. The summed E-state index contributed by atoms with van der Waals surface area (Å²) in [6, 6.07) is 10.7. The van der Waals surface area contributed by atoms with Gasteiger partial charge in [0.2, 0.25) is 0 Å². The van der Waals surface area contributed by atoms with E-state index in [4.69, 9.17) is 5.10 Å². The van der Waals surface area contributed by atoms with Gasteiger partial charge < -0.3 is 5.32 Å². The van der Waals surface area contributed by atoms with Gasteiger partial charge in [-0.3, -0.25) is 4.68 Å². The Labute approximate surface area is 121 Å². The van der Waals surface area contributed by atoms with Crippen molar-refractivity contribution >= 4 is 0 Å². The molecule has 0 aliphatic carbocycles. The van der Waals surface area contributed by atoms with Crippen molar-refractivity contribution in [1.29, 1.82) is 0 Å². The molecule has 106 valence electrons. The first-order chi connectivity index (χ1) is 9.57. The van der Waals surface area contributed by atoms with E-state index in [-0.39, 0.29) is 5.54 Å². The second kappa shape index (κ2) is 5.06. The SMILES string of the molecule is CC(C)(C)n1nc2c(c1-c1ccccc1)CCNCC2. The molecule has 3 nitrogen and oxygen atoms in total. The van der Waals surface area contributed by atoms with Crippen molar-refractivity contribution in [3.8, 4) is 11.3 Å². The highest BCUT2D eigenvalue weighted by atomic mass is 15.3. The van der Waals surface area contributed by atoms with Gasteiger partial charge in [-0.05, 0) is 33.7 Å². The molecule has 2 heterocycles. The van der Waals surface area contributed by atoms with Crippen LogP contribution < -0.4 is 5.32 Å². The maximum absolute atomic E-state index is 4.94. The third-order valence-electron chi connectivity index (χ3n) is 3.84. The lowest BCUT2D eigenvalue weighted by Gasteiger charge is -2.23. The molecule has 0 amide bonds. The Kier molecular flexibility index (Phi) is 3.38. The van der Waals surface area contributed by atoms with Gasteiger partial charge >= 0.3 is 0 Å². The summed E-state index contributed by atoms with van der Waals surface area (Å²) in [6.07, 6.45) is 2.09. The highest BCUT2D eigenvalue weighted by Crippen LogP contribution is 2.32. The van der Waals surface area contributed by atoms with E-state index in [0.29, 0.717) is 0 Å². The molecule has 20 heavy (non-hydrogen) atoms. The number of benzene rings is 1. The van der Waals surface area contributed by atoms with Crippen molar-refractivity contribution in [1.82, 2.24) is 15.1 Å². The van der Waals surface area contributed by atoms with Crippen molar-refractivity contribution in [3.63, 3.8) is 0 Å². The van der Waals surface area contributed by atoms with Crippen molar-refractivity contribution in [3.05, 3.63) is 41.6 Å². The Morgan fingerprint density at radius 2 is 1.75 bits per heavy atom. The zero-order valence-corrected chi connectivity index (χ0v) is 12.6. The molecule has 1 aromatic carbocycles. The van der Waals surface area contributed by atoms with Gasteiger partial charge in [-0.25, -0.2) is 0 Å². The molecule has 1 aliphatic heterocycles. The van der Waals surface area contributed by atoms with E-state index in [1.54, 1.807) is 0 Å². The number of aromatic nitrogens is 2. The van der Waals surface area contributed by atoms with Gasteiger partial charge in [-0.1, -0.05) is 30.3 Å². The Hall–Kier alpha value is -1.61. The van der Waals surface area contributed by atoms with Crippen molar-refractivity contribution < 1.29 is 0 Å². The summed E-state index contributed by atoms with van der Waals surface area (Å²) >= 11 is 0. The molecule has 1 N–H and O–H groups in total. The molecule has 3 rings (SSSR count). The van der Waals surface area contributed by atoms with E-state index in [0.717, 1.165) is 25.9 Å². The fraction of sp³-hybridized carbons (Fsp3) is 0.471. The van der Waals surface area contributed by atoms with E-state index in [1.807, 2.05) is 0 Å². The zero-order chi connectivity index (χ0) is 14.2. The molecule has 0 saturated carbocycles. The van der Waals surface area contributed by atoms with Crippen LogP contribution >= 0.6 is 0 Å². The summed E-state index contributed by atoms with van der Waals surface area (Å²) in [5, 5.41) is 8.40. The van der Waals surface area contributed by atoms with Crippen molar-refractivity contribution in [2.24, 2.45) is 0 Å². The van der Waals surface area contributed by atoms with Crippen LogP contribution in [0.15, 0.2) is 30.3 Å². The third-order valence-corrected chi connectivity index (χ3v) is 3.84. The van der Waals surface area contributed by atoms with Crippen LogP contribution in [0.4, 0.5) is 0 Å². The van der Waals surface area contributed by atoms with Crippen LogP contribution in [0, 0.1) is 0 Å². The first kappa shape index (κ1) is 13.4. The Morgan fingerprint density at radius 1 is 1.05 bits per heavy atom. The second-order valence-corrected chi connectivity index (χ2v) is 6.47. The topological polar surface area (TPSA) is 29.9 Å². The average molecular weight is 269 g/mol. The molecule has 0 spiro atoms. The van der Waals surface area contributed by atoms with Crippen LogP contribution in [0.2, 0.25) is 0 Å². The lowest BCUT2D eigenvalue weighted by Crippen LogP contribution is -2.25. The Balaban J connectivity index is 2.21. The van der Waals surface area contributed by atoms with Gasteiger partial charge in [0.05, 0.1) is 16.9 Å². The average Bonchev–Trinajstić information content (AvgIpc) is 2.64. The molecule has 0 fully saturated rings. The minimum Gasteiger partial charge on any atom is -0.316 e. The number of rotatable bonds is 1. The van der Waals surface area contributed by atoms with Gasteiger partial charge in [-0.15, -0.1) is 0 Å². The van der Waals surface area contributed by atoms with Gasteiger partial charge in [0, 0.05) is 24.1 Å². The minimum atomic E-state index is 0.00476. The maximum Gasteiger partial charge on any atom is 0.0723 e. The standard InChI is InChI=1S/C17H23N3/c1-17(2,3)20-16(13-7-5-4-6-8-13)14-9-11-18-12-10-15(14)19-20/h4-8,18H,9-12H2,1-3H3. The minimum absolute atomic E-state index is 0.00476. The summed E-state index contributed by atoms with van der Waals surface area (Å²) in [5.74, 6) is 0. The van der Waals surface area contributed by atoms with E-state index in [1.165, 1.54) is 22.5 Å². The van der Waals surface area contributed by atoms with Gasteiger partial charge in [0.1, 0.15) is 0 Å². The largest absolute Gasteiger partial charge is 0.316 e. The number of fused-ring (bicyclic) bond motifs is 1. The monoisotopic (exact) mass is 269 g/mol. The van der Waals surface area contributed by atoms with E-state index in [2.05, 4.69) is 61.1 Å². The molecule has 0 atom stereocenters. The predicted molar refractivity (Wildman–Crippen MR) is 82.9 cm³/mol. The fourth-order valence-corrected chi connectivity index (χ4v) is 2.88. The summed E-state index contributed by atoms with van der Waals surface area (Å²) < 4.78 is 2.22. The molecule has 1 aromatic heterocycles. The van der Waals surface area contributed by atoms with Gasteiger partial charge in [-0.2, -0.15) is 5.10 Å². The lowest BCUT2D eigenvalue weighted by molar-refractivity contribution is 0.357. The number of hydrogen-bond acceptors (Lipinski definition) is 2. The molecule has 0 unspecified atom stereocenters. The van der Waals surface area contributed by atoms with Crippen molar-refractivity contribution in [2.75, 3.05) is 13.1 Å². The molecular weight excluding hydrogens is 246 g/mol. The Bertz CT molecular complexity index is 591. The normalized spacial score (nSPS) is 15.8. The van der Waals surface area contributed by atoms with Crippen molar-refractivity contribution in [2.45, 2.75) is 39.2 Å². The molecule has 2 aromatic rings. The molecule has 1 aliphatic rings. The van der Waals surface area contributed by atoms with Crippen LogP contribution in [0.25, 0.3) is 11.3 Å². The molecule has 3 heteroatoms. The summed E-state index contributed by atoms with van der Waals surface area (Å²) in [5.41, 5.74) is 5.28. The smallest absolute Gasteiger partial charge is 0.0723 e. The zero-order valence-electron chi connectivity index (χ0n) is 12.6. The molecular formula is C17H23N3. The van der Waals surface area contributed by atoms with Gasteiger partial charge in [0.25, 0.3) is 0 Å². The fourth-order valence-electron chi connectivity index (χ4n) is 2.88. The highest BCUT2D eigenvalue weighted by molar-refractivity contribution is 5.65. The molecule has 0 radical (unpaired) electrons. The predicted octanol–water partition coefficient (Wildman–Crippen LogP) is 2.99. The van der Waals surface area contributed by atoms with E-state index >= 15 is 0 Å². The first-order valence-corrected chi connectivity index (χ1v) is 7.45. The summed E-state index contributed by atoms with van der Waals surface area (Å²) in [7, 11) is 0. The van der Waals surface area contributed by atoms with Crippen LogP contribution in [0.3, 0.4) is 0 Å². The van der Waals surface area contributed by atoms with E-state index < -0.39 is 0 Å². The van der Waals surface area contributed by atoms with Crippen LogP contribution in [-0.2, 0) is 18.4 Å². The quantitative estimate of drug-likeness (QED) is 0.862. The van der Waals surface area contributed by atoms with Crippen LogP contribution in [0.5, 0.6) is 0 Å². The lowest BCUT2D eigenvalue weighted by atomic mass is 10.0. The summed E-state index contributed by atoms with van der Waals surface area (Å²) in [4.78, 5) is 0.